The number of nitriles is 1. The zero-order valence-electron chi connectivity index (χ0n) is 8.52. The lowest BCUT2D eigenvalue weighted by Gasteiger charge is -2.02. The molecule has 0 amide bonds. The van der Waals surface area contributed by atoms with Crippen molar-refractivity contribution < 1.29 is 4.39 Å². The number of pyridine rings is 1. The van der Waals surface area contributed by atoms with Crippen molar-refractivity contribution in [1.29, 1.82) is 5.26 Å². The van der Waals surface area contributed by atoms with Gasteiger partial charge in [-0.2, -0.15) is 5.26 Å². The van der Waals surface area contributed by atoms with Crippen molar-refractivity contribution in [2.75, 3.05) is 0 Å². The molecule has 0 fully saturated rings. The average molecular weight is 212 g/mol. The number of aromatic nitrogens is 1. The molecular weight excluding hydrogens is 203 g/mol. The minimum Gasteiger partial charge on any atom is -0.264 e. The highest BCUT2D eigenvalue weighted by Gasteiger charge is 2.01. The largest absolute Gasteiger partial charge is 0.264 e. The minimum absolute atomic E-state index is 0.275. The van der Waals surface area contributed by atoms with Gasteiger partial charge in [-0.15, -0.1) is 0 Å². The van der Waals surface area contributed by atoms with Crippen LogP contribution in [-0.4, -0.2) is 4.98 Å². The molecule has 1 aromatic carbocycles. The van der Waals surface area contributed by atoms with E-state index in [2.05, 4.69) is 11.1 Å². The van der Waals surface area contributed by atoms with Gasteiger partial charge in [0.15, 0.2) is 0 Å². The molecule has 0 aliphatic heterocycles. The molecule has 1 aromatic heterocycles. The Morgan fingerprint density at radius 3 is 2.81 bits per heavy atom. The highest BCUT2D eigenvalue weighted by Crippen LogP contribution is 2.20. The van der Waals surface area contributed by atoms with Gasteiger partial charge in [-0.25, -0.2) is 4.39 Å². The van der Waals surface area contributed by atoms with Gasteiger partial charge in [-0.05, 0) is 29.3 Å². The lowest BCUT2D eigenvalue weighted by Crippen LogP contribution is -1.87. The number of benzene rings is 1. The van der Waals surface area contributed by atoms with E-state index in [1.54, 1.807) is 18.5 Å². The fourth-order valence-electron chi connectivity index (χ4n) is 1.50. The van der Waals surface area contributed by atoms with E-state index in [0.717, 1.165) is 16.7 Å². The van der Waals surface area contributed by atoms with Gasteiger partial charge >= 0.3 is 0 Å². The van der Waals surface area contributed by atoms with Gasteiger partial charge in [0, 0.05) is 18.0 Å². The first-order valence-electron chi connectivity index (χ1n) is 4.86. The molecule has 78 valence electrons. The van der Waals surface area contributed by atoms with Gasteiger partial charge in [0.25, 0.3) is 0 Å². The summed E-state index contributed by atoms with van der Waals surface area (Å²) in [5.74, 6) is -0.275. The van der Waals surface area contributed by atoms with E-state index >= 15 is 0 Å². The van der Waals surface area contributed by atoms with E-state index in [1.165, 1.54) is 12.1 Å². The van der Waals surface area contributed by atoms with Crippen molar-refractivity contribution in [3.8, 4) is 17.2 Å². The molecule has 16 heavy (non-hydrogen) atoms. The molecule has 2 nitrogen and oxygen atoms in total. The maximum absolute atomic E-state index is 13.0. The molecule has 2 rings (SSSR count). The summed E-state index contributed by atoms with van der Waals surface area (Å²) in [5, 5.41) is 8.59. The van der Waals surface area contributed by atoms with E-state index in [9.17, 15) is 4.39 Å². The standard InChI is InChI=1S/C13H9FN2/c14-13-3-1-2-11(7-13)12-6-10(4-5-15)8-16-9-12/h1-3,6-9H,4H2. The Hall–Kier alpha value is -2.21. The van der Waals surface area contributed by atoms with Crippen LogP contribution in [0, 0.1) is 17.1 Å². The van der Waals surface area contributed by atoms with E-state index in [4.69, 9.17) is 5.26 Å². The van der Waals surface area contributed by atoms with Gasteiger partial charge in [0.2, 0.25) is 0 Å². The molecule has 0 saturated carbocycles. The number of rotatable bonds is 2. The quantitative estimate of drug-likeness (QED) is 0.767. The van der Waals surface area contributed by atoms with E-state index in [1.807, 2.05) is 12.1 Å². The predicted octanol–water partition coefficient (Wildman–Crippen LogP) is 2.95. The van der Waals surface area contributed by atoms with Crippen LogP contribution in [0.2, 0.25) is 0 Å². The van der Waals surface area contributed by atoms with Crippen molar-refractivity contribution >= 4 is 0 Å². The number of halogens is 1. The molecule has 1 heterocycles. The van der Waals surface area contributed by atoms with Crippen LogP contribution in [0.25, 0.3) is 11.1 Å². The van der Waals surface area contributed by atoms with Crippen LogP contribution in [0.5, 0.6) is 0 Å². The van der Waals surface area contributed by atoms with Crippen LogP contribution in [0.4, 0.5) is 4.39 Å². The molecule has 3 heteroatoms. The van der Waals surface area contributed by atoms with Gasteiger partial charge in [-0.1, -0.05) is 12.1 Å². The molecule has 0 atom stereocenters. The predicted molar refractivity (Wildman–Crippen MR) is 58.9 cm³/mol. The van der Waals surface area contributed by atoms with Crippen LogP contribution in [0.15, 0.2) is 42.7 Å². The van der Waals surface area contributed by atoms with Crippen LogP contribution in [-0.2, 0) is 6.42 Å². The summed E-state index contributed by atoms with van der Waals surface area (Å²) in [7, 11) is 0. The molecule has 0 aliphatic rings. The Balaban J connectivity index is 2.41. The van der Waals surface area contributed by atoms with Crippen molar-refractivity contribution in [1.82, 2.24) is 4.98 Å². The summed E-state index contributed by atoms with van der Waals surface area (Å²) >= 11 is 0. The Bertz CT molecular complexity index is 544. The number of nitrogens with zero attached hydrogens (tertiary/aromatic N) is 2. The fraction of sp³-hybridized carbons (Fsp3) is 0.0769. The zero-order valence-corrected chi connectivity index (χ0v) is 8.52. The van der Waals surface area contributed by atoms with Crippen LogP contribution in [0.1, 0.15) is 5.56 Å². The topological polar surface area (TPSA) is 36.7 Å². The van der Waals surface area contributed by atoms with Crippen molar-refractivity contribution in [2.45, 2.75) is 6.42 Å². The zero-order chi connectivity index (χ0) is 11.4. The lowest BCUT2D eigenvalue weighted by molar-refractivity contribution is 0.628. The Kier molecular flexibility index (Phi) is 2.93. The first-order valence-corrected chi connectivity index (χ1v) is 4.86. The third-order valence-corrected chi connectivity index (χ3v) is 2.24. The molecule has 0 radical (unpaired) electrons. The molecule has 0 saturated heterocycles. The molecular formula is C13H9FN2. The molecule has 0 spiro atoms. The van der Waals surface area contributed by atoms with Crippen molar-refractivity contribution in [2.24, 2.45) is 0 Å². The highest BCUT2D eigenvalue weighted by atomic mass is 19.1. The summed E-state index contributed by atoms with van der Waals surface area (Å²) < 4.78 is 13.0. The summed E-state index contributed by atoms with van der Waals surface area (Å²) in [4.78, 5) is 4.04. The Labute approximate surface area is 93.0 Å². The molecule has 0 bridgehead atoms. The SMILES string of the molecule is N#CCc1cncc(-c2cccc(F)c2)c1. The second kappa shape index (κ2) is 4.54. The van der Waals surface area contributed by atoms with E-state index in [0.29, 0.717) is 6.42 Å². The second-order valence-corrected chi connectivity index (χ2v) is 3.43. The summed E-state index contributed by atoms with van der Waals surface area (Å²) in [5.41, 5.74) is 2.43. The van der Waals surface area contributed by atoms with E-state index < -0.39 is 0 Å². The maximum atomic E-state index is 13.0. The molecule has 0 unspecified atom stereocenters. The first kappa shape index (κ1) is 10.3. The van der Waals surface area contributed by atoms with Gasteiger partial charge < -0.3 is 0 Å². The van der Waals surface area contributed by atoms with Gasteiger partial charge in [0.05, 0.1) is 12.5 Å². The van der Waals surface area contributed by atoms with Crippen LogP contribution >= 0.6 is 0 Å². The molecule has 0 N–H and O–H groups in total. The van der Waals surface area contributed by atoms with E-state index in [-0.39, 0.29) is 5.82 Å². The number of hydrogen-bond acceptors (Lipinski definition) is 2. The first-order chi connectivity index (χ1) is 7.79. The highest BCUT2D eigenvalue weighted by molar-refractivity contribution is 5.63. The van der Waals surface area contributed by atoms with Gasteiger partial charge in [-0.3, -0.25) is 4.98 Å². The monoisotopic (exact) mass is 212 g/mol. The molecule has 2 aromatic rings. The fourth-order valence-corrected chi connectivity index (χ4v) is 1.50. The summed E-state index contributed by atoms with van der Waals surface area (Å²) in [6, 6.07) is 10.2. The second-order valence-electron chi connectivity index (χ2n) is 3.43. The Morgan fingerprint density at radius 2 is 2.06 bits per heavy atom. The maximum Gasteiger partial charge on any atom is 0.123 e. The summed E-state index contributed by atoms with van der Waals surface area (Å²) in [6.07, 6.45) is 3.62. The average Bonchev–Trinajstić information content (AvgIpc) is 2.30. The van der Waals surface area contributed by atoms with Crippen LogP contribution in [0.3, 0.4) is 0 Å². The van der Waals surface area contributed by atoms with Gasteiger partial charge in [0.1, 0.15) is 5.82 Å². The third-order valence-electron chi connectivity index (χ3n) is 2.24. The smallest absolute Gasteiger partial charge is 0.123 e. The van der Waals surface area contributed by atoms with Crippen molar-refractivity contribution in [3.05, 3.63) is 54.1 Å². The van der Waals surface area contributed by atoms with Crippen LogP contribution < -0.4 is 0 Å². The lowest BCUT2D eigenvalue weighted by atomic mass is 10.1. The van der Waals surface area contributed by atoms with Crippen molar-refractivity contribution in [3.63, 3.8) is 0 Å². The number of hydrogen-bond donors (Lipinski definition) is 0. The normalized spacial score (nSPS) is 9.75. The molecule has 0 aliphatic carbocycles. The third kappa shape index (κ3) is 2.23. The summed E-state index contributed by atoms with van der Waals surface area (Å²) in [6.45, 7) is 0. The Morgan fingerprint density at radius 1 is 1.19 bits per heavy atom. The minimum atomic E-state index is -0.275.